The number of aryl methyl sites for hydroxylation is 1. The van der Waals surface area contributed by atoms with Gasteiger partial charge >= 0.3 is 0 Å². The van der Waals surface area contributed by atoms with Crippen molar-refractivity contribution in [3.63, 3.8) is 0 Å². The summed E-state index contributed by atoms with van der Waals surface area (Å²) in [7, 11) is 0. The zero-order valence-corrected chi connectivity index (χ0v) is 13.9. The molecule has 0 aromatic heterocycles. The first-order chi connectivity index (χ1) is 10.1. The third kappa shape index (κ3) is 3.27. The number of ether oxygens (including phenoxy) is 2. The molecule has 21 heavy (non-hydrogen) atoms. The SMILES string of the molecule is Cc1ccc(CNc2cc3c(cc2Br)OCCO3)cc1Cl. The van der Waals surface area contributed by atoms with Crippen LogP contribution in [0, 0.1) is 6.92 Å². The summed E-state index contributed by atoms with van der Waals surface area (Å²) in [6.07, 6.45) is 0. The van der Waals surface area contributed by atoms with Crippen molar-refractivity contribution in [3.8, 4) is 11.5 Å². The van der Waals surface area contributed by atoms with Crippen molar-refractivity contribution in [1.29, 1.82) is 0 Å². The van der Waals surface area contributed by atoms with E-state index < -0.39 is 0 Å². The first-order valence-electron chi connectivity index (χ1n) is 6.71. The summed E-state index contributed by atoms with van der Waals surface area (Å²) in [5, 5.41) is 4.17. The lowest BCUT2D eigenvalue weighted by molar-refractivity contribution is 0.171. The van der Waals surface area contributed by atoms with Gasteiger partial charge in [0.05, 0.1) is 5.69 Å². The van der Waals surface area contributed by atoms with E-state index in [1.165, 1.54) is 0 Å². The summed E-state index contributed by atoms with van der Waals surface area (Å²) in [5.41, 5.74) is 3.18. The van der Waals surface area contributed by atoms with Crippen LogP contribution in [-0.4, -0.2) is 13.2 Å². The zero-order valence-electron chi connectivity index (χ0n) is 11.6. The number of halogens is 2. The van der Waals surface area contributed by atoms with Crippen molar-refractivity contribution in [1.82, 2.24) is 0 Å². The van der Waals surface area contributed by atoms with Crippen molar-refractivity contribution in [2.24, 2.45) is 0 Å². The molecule has 3 nitrogen and oxygen atoms in total. The Bertz CT molecular complexity index is 676. The van der Waals surface area contributed by atoms with Gasteiger partial charge in [-0.1, -0.05) is 23.7 Å². The van der Waals surface area contributed by atoms with Crippen LogP contribution in [0.4, 0.5) is 5.69 Å². The molecule has 2 aromatic rings. The van der Waals surface area contributed by atoms with E-state index in [1.807, 2.05) is 31.2 Å². The third-order valence-electron chi connectivity index (χ3n) is 3.35. The zero-order chi connectivity index (χ0) is 14.8. The number of benzene rings is 2. The third-order valence-corrected chi connectivity index (χ3v) is 4.41. The maximum atomic E-state index is 6.15. The topological polar surface area (TPSA) is 30.5 Å². The standard InChI is InChI=1S/C16H15BrClNO2/c1-10-2-3-11(6-13(10)18)9-19-14-8-16-15(7-12(14)17)20-4-5-21-16/h2-3,6-8,19H,4-5,9H2,1H3. The molecule has 2 aromatic carbocycles. The van der Waals surface area contributed by atoms with Crippen molar-refractivity contribution >= 4 is 33.2 Å². The van der Waals surface area contributed by atoms with Gasteiger partial charge in [-0.15, -0.1) is 0 Å². The Morgan fingerprint density at radius 1 is 1.14 bits per heavy atom. The fraction of sp³-hybridized carbons (Fsp3) is 0.250. The molecular formula is C16H15BrClNO2. The molecule has 0 bridgehead atoms. The van der Waals surface area contributed by atoms with E-state index in [0.29, 0.717) is 19.8 Å². The second-order valence-electron chi connectivity index (χ2n) is 4.91. The molecular weight excluding hydrogens is 354 g/mol. The fourth-order valence-electron chi connectivity index (χ4n) is 2.14. The second kappa shape index (κ2) is 6.16. The molecule has 1 heterocycles. The molecule has 5 heteroatoms. The van der Waals surface area contributed by atoms with Crippen molar-refractivity contribution < 1.29 is 9.47 Å². The van der Waals surface area contributed by atoms with Crippen LogP contribution in [0.15, 0.2) is 34.8 Å². The van der Waals surface area contributed by atoms with Crippen LogP contribution in [0.3, 0.4) is 0 Å². The molecule has 0 saturated heterocycles. The Morgan fingerprint density at radius 3 is 2.57 bits per heavy atom. The fourth-order valence-corrected chi connectivity index (χ4v) is 2.81. The number of fused-ring (bicyclic) bond motifs is 1. The van der Waals surface area contributed by atoms with E-state index in [9.17, 15) is 0 Å². The van der Waals surface area contributed by atoms with Gasteiger partial charge in [-0.3, -0.25) is 0 Å². The lowest BCUT2D eigenvalue weighted by Gasteiger charge is -2.20. The van der Waals surface area contributed by atoms with E-state index in [4.69, 9.17) is 21.1 Å². The minimum atomic E-state index is 0.585. The molecule has 0 amide bonds. The van der Waals surface area contributed by atoms with Crippen LogP contribution in [0.2, 0.25) is 5.02 Å². The van der Waals surface area contributed by atoms with Gasteiger partial charge in [0.15, 0.2) is 11.5 Å². The maximum Gasteiger partial charge on any atom is 0.163 e. The number of anilines is 1. The maximum absolute atomic E-state index is 6.15. The summed E-state index contributed by atoms with van der Waals surface area (Å²) >= 11 is 9.70. The predicted octanol–water partition coefficient (Wildman–Crippen LogP) is 4.79. The molecule has 0 fully saturated rings. The van der Waals surface area contributed by atoms with Gasteiger partial charge in [0.1, 0.15) is 13.2 Å². The average molecular weight is 369 g/mol. The minimum absolute atomic E-state index is 0.585. The molecule has 1 N–H and O–H groups in total. The van der Waals surface area contributed by atoms with Crippen LogP contribution in [0.25, 0.3) is 0 Å². The van der Waals surface area contributed by atoms with E-state index in [-0.39, 0.29) is 0 Å². The van der Waals surface area contributed by atoms with Gasteiger partial charge in [0.25, 0.3) is 0 Å². The van der Waals surface area contributed by atoms with Gasteiger partial charge in [0.2, 0.25) is 0 Å². The Labute approximate surface area is 137 Å². The van der Waals surface area contributed by atoms with Crippen LogP contribution < -0.4 is 14.8 Å². The Balaban J connectivity index is 1.77. The summed E-state index contributed by atoms with van der Waals surface area (Å²) in [4.78, 5) is 0. The molecule has 0 saturated carbocycles. The monoisotopic (exact) mass is 367 g/mol. The highest BCUT2D eigenvalue weighted by Gasteiger charge is 2.14. The molecule has 110 valence electrons. The average Bonchev–Trinajstić information content (AvgIpc) is 2.48. The second-order valence-corrected chi connectivity index (χ2v) is 6.17. The summed E-state index contributed by atoms with van der Waals surface area (Å²) in [6, 6.07) is 9.96. The van der Waals surface area contributed by atoms with Crippen molar-refractivity contribution in [3.05, 3.63) is 51.0 Å². The van der Waals surface area contributed by atoms with Crippen LogP contribution in [0.1, 0.15) is 11.1 Å². The van der Waals surface area contributed by atoms with Gasteiger partial charge in [-0.05, 0) is 40.0 Å². The highest BCUT2D eigenvalue weighted by atomic mass is 79.9. The van der Waals surface area contributed by atoms with E-state index in [0.717, 1.165) is 37.8 Å². The molecule has 1 aliphatic heterocycles. The van der Waals surface area contributed by atoms with Crippen molar-refractivity contribution in [2.45, 2.75) is 13.5 Å². The minimum Gasteiger partial charge on any atom is -0.486 e. The largest absolute Gasteiger partial charge is 0.486 e. The van der Waals surface area contributed by atoms with Gasteiger partial charge in [-0.25, -0.2) is 0 Å². The summed E-state index contributed by atoms with van der Waals surface area (Å²) < 4.78 is 12.1. The molecule has 1 aliphatic rings. The Kier molecular flexibility index (Phi) is 4.27. The van der Waals surface area contributed by atoms with E-state index in [2.05, 4.69) is 27.3 Å². The highest BCUT2D eigenvalue weighted by Crippen LogP contribution is 2.38. The highest BCUT2D eigenvalue weighted by molar-refractivity contribution is 9.10. The Hall–Kier alpha value is -1.39. The molecule has 3 rings (SSSR count). The van der Waals surface area contributed by atoms with Crippen LogP contribution >= 0.6 is 27.5 Å². The summed E-state index contributed by atoms with van der Waals surface area (Å²) in [6.45, 7) is 3.87. The molecule has 0 radical (unpaired) electrons. The summed E-state index contributed by atoms with van der Waals surface area (Å²) in [5.74, 6) is 1.55. The van der Waals surface area contributed by atoms with Crippen molar-refractivity contribution in [2.75, 3.05) is 18.5 Å². The van der Waals surface area contributed by atoms with Crippen LogP contribution in [0.5, 0.6) is 11.5 Å². The van der Waals surface area contributed by atoms with Gasteiger partial charge < -0.3 is 14.8 Å². The van der Waals surface area contributed by atoms with Crippen LogP contribution in [-0.2, 0) is 6.54 Å². The smallest absolute Gasteiger partial charge is 0.163 e. The lowest BCUT2D eigenvalue weighted by atomic mass is 10.1. The first kappa shape index (κ1) is 14.5. The quantitative estimate of drug-likeness (QED) is 0.844. The lowest BCUT2D eigenvalue weighted by Crippen LogP contribution is -2.15. The number of nitrogens with one attached hydrogen (secondary N) is 1. The predicted molar refractivity (Wildman–Crippen MR) is 88.6 cm³/mol. The van der Waals surface area contributed by atoms with Gasteiger partial charge in [0, 0.05) is 28.2 Å². The first-order valence-corrected chi connectivity index (χ1v) is 7.88. The molecule has 0 spiro atoms. The number of rotatable bonds is 3. The molecule has 0 unspecified atom stereocenters. The number of hydrogen-bond donors (Lipinski definition) is 1. The molecule has 0 aliphatic carbocycles. The Morgan fingerprint density at radius 2 is 1.86 bits per heavy atom. The van der Waals surface area contributed by atoms with E-state index >= 15 is 0 Å². The van der Waals surface area contributed by atoms with E-state index in [1.54, 1.807) is 0 Å². The molecule has 0 atom stereocenters. The normalized spacial score (nSPS) is 13.1. The number of hydrogen-bond acceptors (Lipinski definition) is 3. The van der Waals surface area contributed by atoms with Gasteiger partial charge in [-0.2, -0.15) is 0 Å².